The van der Waals surface area contributed by atoms with Crippen LogP contribution in [0, 0.1) is 13.8 Å². The monoisotopic (exact) mass is 473 g/mol. The Morgan fingerprint density at radius 3 is 2.71 bits per heavy atom. The molecule has 5 rings (SSSR count). The Bertz CT molecular complexity index is 1280. The van der Waals surface area contributed by atoms with Gasteiger partial charge in [-0.1, -0.05) is 30.7 Å². The van der Waals surface area contributed by atoms with E-state index >= 15 is 0 Å². The van der Waals surface area contributed by atoms with Crippen LogP contribution < -0.4 is 10.4 Å². The fourth-order valence-corrected chi connectivity index (χ4v) is 5.15. The van der Waals surface area contributed by atoms with E-state index in [2.05, 4.69) is 78.0 Å². The number of fused-ring (bicyclic) bond motifs is 1. The van der Waals surface area contributed by atoms with Gasteiger partial charge in [0.2, 0.25) is 5.90 Å². The molecule has 7 heteroatoms. The largest absolute Gasteiger partial charge is 0.439 e. The highest BCUT2D eigenvalue weighted by Gasteiger charge is 2.28. The first-order chi connectivity index (χ1) is 16.9. The number of piperidine rings is 1. The van der Waals surface area contributed by atoms with Crippen LogP contribution in [0.4, 0.5) is 0 Å². The number of rotatable bonds is 4. The third kappa shape index (κ3) is 4.72. The lowest BCUT2D eigenvalue weighted by Crippen LogP contribution is -2.42. The molecule has 1 aliphatic carbocycles. The van der Waals surface area contributed by atoms with Gasteiger partial charge in [0.05, 0.1) is 5.69 Å². The Labute approximate surface area is 207 Å². The lowest BCUT2D eigenvalue weighted by molar-refractivity contribution is 0.172. The van der Waals surface area contributed by atoms with E-state index in [1.807, 2.05) is 16.7 Å². The molecular formula is C28H35N5O2. The number of aliphatic imine (C=N–C) groups is 1. The van der Waals surface area contributed by atoms with Crippen molar-refractivity contribution in [3.63, 3.8) is 0 Å². The molecule has 0 atom stereocenters. The van der Waals surface area contributed by atoms with Gasteiger partial charge in [-0.2, -0.15) is 0 Å². The number of nitrogens with one attached hydrogen (secondary N) is 1. The van der Waals surface area contributed by atoms with Gasteiger partial charge < -0.3 is 19.5 Å². The molecule has 1 aromatic carbocycles. The molecule has 1 N–H and O–H groups in total. The van der Waals surface area contributed by atoms with Gasteiger partial charge in [0.1, 0.15) is 18.2 Å². The molecule has 2 aromatic rings. The topological polar surface area (TPSA) is 65.9 Å². The van der Waals surface area contributed by atoms with E-state index in [1.54, 1.807) is 0 Å². The molecule has 0 amide bonds. The van der Waals surface area contributed by atoms with Crippen LogP contribution >= 0.6 is 0 Å². The molecule has 0 bridgehead atoms. The van der Waals surface area contributed by atoms with Crippen LogP contribution in [0.1, 0.15) is 54.7 Å². The van der Waals surface area contributed by atoms with Crippen LogP contribution in [0.3, 0.4) is 0 Å². The predicted octanol–water partition coefficient (Wildman–Crippen LogP) is 4.56. The number of aromatic amines is 1. The van der Waals surface area contributed by atoms with E-state index in [0.717, 1.165) is 61.7 Å². The normalized spacial score (nSPS) is 18.6. The molecule has 0 spiro atoms. The maximum Gasteiger partial charge on any atom is 0.326 e. The van der Waals surface area contributed by atoms with Crippen LogP contribution in [-0.4, -0.2) is 52.1 Å². The van der Waals surface area contributed by atoms with Crippen LogP contribution in [0.25, 0.3) is 6.08 Å². The summed E-state index contributed by atoms with van der Waals surface area (Å²) in [7, 11) is 2.06. The van der Waals surface area contributed by atoms with Crippen LogP contribution in [0.15, 0.2) is 57.6 Å². The minimum Gasteiger partial charge on any atom is -0.439 e. The van der Waals surface area contributed by atoms with Crippen molar-refractivity contribution in [2.24, 2.45) is 4.99 Å². The summed E-state index contributed by atoms with van der Waals surface area (Å²) in [6.45, 7) is 8.68. The van der Waals surface area contributed by atoms with E-state index in [1.165, 1.54) is 16.7 Å². The number of aryl methyl sites for hydroxylation is 2. The summed E-state index contributed by atoms with van der Waals surface area (Å²) in [6.07, 6.45) is 12.0. The molecule has 3 heterocycles. The highest BCUT2D eigenvalue weighted by molar-refractivity contribution is 5.90. The lowest BCUT2D eigenvalue weighted by Gasteiger charge is -2.39. The van der Waals surface area contributed by atoms with E-state index < -0.39 is 0 Å². The molecule has 0 radical (unpaired) electrons. The summed E-state index contributed by atoms with van der Waals surface area (Å²) in [5, 5.41) is 0. The number of imidazole rings is 1. The van der Waals surface area contributed by atoms with Crippen molar-refractivity contribution in [3.8, 4) is 5.75 Å². The van der Waals surface area contributed by atoms with E-state index in [-0.39, 0.29) is 11.7 Å². The molecule has 1 fully saturated rings. The summed E-state index contributed by atoms with van der Waals surface area (Å²) < 4.78 is 8.10. The first-order valence-electron chi connectivity index (χ1n) is 12.6. The standard InChI is InChI=1S/C28H35N5O2/c1-5-21-7-6-8-25-24(16-21)30-28(34)33(25)22-11-13-32(14-12-22)27-17-26(29-18-31(27)4)35-23-10-9-19(2)20(3)15-23/h6-10,15,17,22H,5,11-14,16,18H2,1-4H3,(H,30,34). The molecule has 184 valence electrons. The quantitative estimate of drug-likeness (QED) is 0.707. The smallest absolute Gasteiger partial charge is 0.326 e. The Morgan fingerprint density at radius 2 is 1.97 bits per heavy atom. The van der Waals surface area contributed by atoms with Crippen molar-refractivity contribution in [1.82, 2.24) is 19.4 Å². The van der Waals surface area contributed by atoms with Gasteiger partial charge >= 0.3 is 5.69 Å². The molecule has 2 aliphatic heterocycles. The van der Waals surface area contributed by atoms with Crippen molar-refractivity contribution in [2.45, 2.75) is 52.5 Å². The van der Waals surface area contributed by atoms with Crippen LogP contribution in [0.5, 0.6) is 5.75 Å². The summed E-state index contributed by atoms with van der Waals surface area (Å²) in [4.78, 5) is 25.2. The number of aromatic nitrogens is 2. The third-order valence-electron chi connectivity index (χ3n) is 7.43. The molecular weight excluding hydrogens is 438 g/mol. The van der Waals surface area contributed by atoms with Gasteiger partial charge in [0, 0.05) is 44.4 Å². The molecule has 0 unspecified atom stereocenters. The third-order valence-corrected chi connectivity index (χ3v) is 7.43. The molecule has 1 saturated heterocycles. The summed E-state index contributed by atoms with van der Waals surface area (Å²) >= 11 is 0. The number of hydrogen-bond donors (Lipinski definition) is 1. The zero-order valence-corrected chi connectivity index (χ0v) is 21.2. The second-order valence-corrected chi connectivity index (χ2v) is 9.78. The van der Waals surface area contributed by atoms with E-state index in [0.29, 0.717) is 12.6 Å². The molecule has 35 heavy (non-hydrogen) atoms. The highest BCUT2D eigenvalue weighted by atomic mass is 16.5. The number of benzene rings is 1. The fourth-order valence-electron chi connectivity index (χ4n) is 5.15. The number of ether oxygens (including phenoxy) is 1. The zero-order valence-electron chi connectivity index (χ0n) is 21.2. The number of hydrogen-bond acceptors (Lipinski definition) is 5. The second-order valence-electron chi connectivity index (χ2n) is 9.78. The van der Waals surface area contributed by atoms with Gasteiger partial charge in [-0.05, 0) is 62.4 Å². The van der Waals surface area contributed by atoms with Gasteiger partial charge in [-0.3, -0.25) is 4.57 Å². The second kappa shape index (κ2) is 9.64. The highest BCUT2D eigenvalue weighted by Crippen LogP contribution is 2.29. The van der Waals surface area contributed by atoms with Gasteiger partial charge in [0.25, 0.3) is 0 Å². The SMILES string of the molecule is CCC1=CC=Cc2c([nH]c(=O)n2C2CCN(C3=CC(Oc4ccc(C)c(C)c4)=NCN3C)CC2)C1. The Kier molecular flexibility index (Phi) is 6.41. The van der Waals surface area contributed by atoms with Crippen molar-refractivity contribution in [3.05, 3.63) is 80.8 Å². The summed E-state index contributed by atoms with van der Waals surface area (Å²) in [5.74, 6) is 2.57. The van der Waals surface area contributed by atoms with Crippen LogP contribution in [-0.2, 0) is 6.42 Å². The van der Waals surface area contributed by atoms with Crippen molar-refractivity contribution >= 4 is 12.0 Å². The van der Waals surface area contributed by atoms with Crippen molar-refractivity contribution in [2.75, 3.05) is 26.8 Å². The first-order valence-corrected chi connectivity index (χ1v) is 12.6. The molecule has 7 nitrogen and oxygen atoms in total. The Hall–Kier alpha value is -3.48. The average Bonchev–Trinajstić information content (AvgIpc) is 3.02. The first kappa shape index (κ1) is 23.3. The van der Waals surface area contributed by atoms with Crippen molar-refractivity contribution in [1.29, 1.82) is 0 Å². The Balaban J connectivity index is 1.29. The van der Waals surface area contributed by atoms with E-state index in [9.17, 15) is 4.79 Å². The maximum absolute atomic E-state index is 12.9. The summed E-state index contributed by atoms with van der Waals surface area (Å²) in [5.41, 5.74) is 5.89. The molecule has 1 aromatic heterocycles. The lowest BCUT2D eigenvalue weighted by atomic mass is 10.0. The molecule has 3 aliphatic rings. The average molecular weight is 474 g/mol. The van der Waals surface area contributed by atoms with E-state index in [4.69, 9.17) is 4.74 Å². The van der Waals surface area contributed by atoms with Gasteiger partial charge in [0.15, 0.2) is 0 Å². The Morgan fingerprint density at radius 1 is 1.17 bits per heavy atom. The van der Waals surface area contributed by atoms with Gasteiger partial charge in [-0.15, -0.1) is 0 Å². The summed E-state index contributed by atoms with van der Waals surface area (Å²) in [6, 6.07) is 6.32. The predicted molar refractivity (Wildman–Crippen MR) is 141 cm³/mol. The van der Waals surface area contributed by atoms with Crippen molar-refractivity contribution < 1.29 is 4.74 Å². The minimum atomic E-state index is 0.0145. The number of likely N-dealkylation sites (tertiary alicyclic amines) is 1. The molecule has 0 saturated carbocycles. The number of allylic oxidation sites excluding steroid dienone is 3. The number of nitrogens with zero attached hydrogens (tertiary/aromatic N) is 4. The zero-order chi connectivity index (χ0) is 24.5. The maximum atomic E-state index is 12.9. The van der Waals surface area contributed by atoms with Gasteiger partial charge in [-0.25, -0.2) is 9.79 Å². The minimum absolute atomic E-state index is 0.0145. The number of H-pyrrole nitrogens is 1. The van der Waals surface area contributed by atoms with Crippen LogP contribution in [0.2, 0.25) is 0 Å². The fraction of sp³-hybridized carbons (Fsp3) is 0.429.